The Morgan fingerprint density at radius 1 is 1.19 bits per heavy atom. The predicted molar refractivity (Wildman–Crippen MR) is 122 cm³/mol. The minimum Gasteiger partial charge on any atom is -0.482 e. The fraction of sp³-hybridized carbons (Fsp3) is 0.273. The number of thioether (sulfide) groups is 1. The second kappa shape index (κ2) is 9.98. The van der Waals surface area contributed by atoms with Crippen molar-refractivity contribution in [2.75, 3.05) is 11.1 Å². The highest BCUT2D eigenvalue weighted by atomic mass is 35.5. The Labute approximate surface area is 190 Å². The molecular weight excluding hydrogens is 436 g/mol. The summed E-state index contributed by atoms with van der Waals surface area (Å²) in [5.74, 6) is 1.36. The average Bonchev–Trinajstić information content (AvgIpc) is 3.09. The first-order chi connectivity index (χ1) is 14.7. The maximum atomic E-state index is 12.3. The van der Waals surface area contributed by atoms with Crippen molar-refractivity contribution >= 4 is 40.7 Å². The molecule has 2 aromatic carbocycles. The average molecular weight is 459 g/mol. The molecule has 0 radical (unpaired) electrons. The summed E-state index contributed by atoms with van der Waals surface area (Å²) in [6.07, 6.45) is -0.333. The molecule has 0 fully saturated rings. The molecule has 1 heterocycles. The van der Waals surface area contributed by atoms with Crippen LogP contribution in [0.3, 0.4) is 0 Å². The number of nitrogens with one attached hydrogen (secondary N) is 1. The summed E-state index contributed by atoms with van der Waals surface area (Å²) < 4.78 is 7.83. The molecule has 3 aromatic rings. The maximum Gasteiger partial charge on any atom is 0.234 e. The molecule has 0 spiro atoms. The van der Waals surface area contributed by atoms with Crippen molar-refractivity contribution < 1.29 is 14.3 Å². The van der Waals surface area contributed by atoms with Crippen molar-refractivity contribution in [1.82, 2.24) is 14.8 Å². The number of nitrogens with zero attached hydrogens (tertiary/aromatic N) is 3. The maximum absolute atomic E-state index is 12.3. The summed E-state index contributed by atoms with van der Waals surface area (Å²) in [7, 11) is 1.84. The van der Waals surface area contributed by atoms with E-state index >= 15 is 0 Å². The second-order valence-corrected chi connectivity index (χ2v) is 8.42. The predicted octanol–water partition coefficient (Wildman–Crippen LogP) is 4.85. The number of carbonyl (C=O) groups excluding carboxylic acids is 2. The van der Waals surface area contributed by atoms with Gasteiger partial charge in [0, 0.05) is 23.3 Å². The Morgan fingerprint density at radius 2 is 1.90 bits per heavy atom. The van der Waals surface area contributed by atoms with Gasteiger partial charge in [0.2, 0.25) is 5.91 Å². The Balaban J connectivity index is 1.58. The number of aromatic nitrogens is 3. The molecule has 1 amide bonds. The first kappa shape index (κ1) is 22.8. The van der Waals surface area contributed by atoms with Crippen molar-refractivity contribution in [3.63, 3.8) is 0 Å². The van der Waals surface area contributed by atoms with Crippen LogP contribution in [0.2, 0.25) is 5.02 Å². The van der Waals surface area contributed by atoms with Gasteiger partial charge < -0.3 is 14.6 Å². The van der Waals surface area contributed by atoms with Crippen LogP contribution in [0.5, 0.6) is 5.75 Å². The molecule has 0 bridgehead atoms. The zero-order chi connectivity index (χ0) is 22.5. The van der Waals surface area contributed by atoms with Crippen LogP contribution in [0.25, 0.3) is 0 Å². The number of Topliss-reactive ketones (excluding diaryl/α,β-unsaturated/α-hetero) is 1. The number of rotatable bonds is 8. The summed E-state index contributed by atoms with van der Waals surface area (Å²) in [4.78, 5) is 23.6. The van der Waals surface area contributed by atoms with Gasteiger partial charge in [0.25, 0.3) is 0 Å². The van der Waals surface area contributed by atoms with E-state index in [1.165, 1.54) is 18.7 Å². The summed E-state index contributed by atoms with van der Waals surface area (Å²) in [5, 5.41) is 12.5. The topological polar surface area (TPSA) is 86.1 Å². The van der Waals surface area contributed by atoms with E-state index in [0.717, 1.165) is 11.3 Å². The van der Waals surface area contributed by atoms with Gasteiger partial charge in [0.05, 0.1) is 5.75 Å². The Bertz CT molecular complexity index is 1100. The Morgan fingerprint density at radius 3 is 2.55 bits per heavy atom. The second-order valence-electron chi connectivity index (χ2n) is 7.04. The van der Waals surface area contributed by atoms with Gasteiger partial charge in [-0.3, -0.25) is 9.59 Å². The molecule has 0 saturated heterocycles. The number of carbonyl (C=O) groups is 2. The molecule has 0 aliphatic rings. The lowest BCUT2D eigenvalue weighted by Gasteiger charge is -2.16. The number of halogens is 1. The summed E-state index contributed by atoms with van der Waals surface area (Å²) in [6, 6.07) is 12.2. The normalized spacial score (nSPS) is 11.8. The fourth-order valence-corrected chi connectivity index (χ4v) is 3.85. The molecule has 0 aliphatic heterocycles. The van der Waals surface area contributed by atoms with E-state index in [1.807, 2.05) is 37.6 Å². The van der Waals surface area contributed by atoms with Crippen LogP contribution in [-0.2, 0) is 11.8 Å². The molecule has 1 unspecified atom stereocenters. The van der Waals surface area contributed by atoms with E-state index in [-0.39, 0.29) is 23.5 Å². The highest BCUT2D eigenvalue weighted by Crippen LogP contribution is 2.27. The minimum atomic E-state index is -0.333. The highest BCUT2D eigenvalue weighted by Gasteiger charge is 2.19. The van der Waals surface area contributed by atoms with E-state index in [9.17, 15) is 9.59 Å². The van der Waals surface area contributed by atoms with Crippen molar-refractivity contribution in [3.8, 4) is 5.75 Å². The first-order valence-electron chi connectivity index (χ1n) is 9.60. The van der Waals surface area contributed by atoms with Gasteiger partial charge in [-0.1, -0.05) is 23.4 Å². The first-order valence-corrected chi connectivity index (χ1v) is 11.0. The Hall–Kier alpha value is -2.84. The molecule has 1 atom stereocenters. The van der Waals surface area contributed by atoms with Gasteiger partial charge in [-0.05, 0) is 68.8 Å². The van der Waals surface area contributed by atoms with Gasteiger partial charge in [0.15, 0.2) is 22.9 Å². The third kappa shape index (κ3) is 5.86. The van der Waals surface area contributed by atoms with E-state index < -0.39 is 0 Å². The van der Waals surface area contributed by atoms with E-state index in [0.29, 0.717) is 27.3 Å². The molecule has 31 heavy (non-hydrogen) atoms. The lowest BCUT2D eigenvalue weighted by molar-refractivity contribution is -0.113. The standard InChI is InChI=1S/C22H23ClN4O3S/c1-13-11-17(23)7-10-19(13)30-15(3)21-25-26-22(27(21)4)31-12-20(29)24-18-8-5-16(6-9-18)14(2)28/h5-11,15H,12H2,1-4H3,(H,24,29). The number of ether oxygens (including phenoxy) is 1. The molecule has 1 aromatic heterocycles. The number of anilines is 1. The van der Waals surface area contributed by atoms with Crippen LogP contribution in [0, 0.1) is 6.92 Å². The molecule has 162 valence electrons. The van der Waals surface area contributed by atoms with Crippen molar-refractivity contribution in [1.29, 1.82) is 0 Å². The van der Waals surface area contributed by atoms with Crippen LogP contribution in [0.1, 0.15) is 41.7 Å². The number of hydrogen-bond acceptors (Lipinski definition) is 6. The van der Waals surface area contributed by atoms with Crippen LogP contribution in [-0.4, -0.2) is 32.2 Å². The number of ketones is 1. The molecule has 3 rings (SSSR count). The Kier molecular flexibility index (Phi) is 7.35. The van der Waals surface area contributed by atoms with E-state index in [1.54, 1.807) is 30.3 Å². The fourth-order valence-electron chi connectivity index (χ4n) is 2.91. The smallest absolute Gasteiger partial charge is 0.234 e. The lowest BCUT2D eigenvalue weighted by Crippen LogP contribution is -2.15. The molecule has 9 heteroatoms. The summed E-state index contributed by atoms with van der Waals surface area (Å²) in [5.41, 5.74) is 2.17. The molecule has 0 saturated carbocycles. The quantitative estimate of drug-likeness (QED) is 0.383. The SMILES string of the molecule is CC(=O)c1ccc(NC(=O)CSc2nnc(C(C)Oc3ccc(Cl)cc3C)n2C)cc1. The minimum absolute atomic E-state index is 0.0176. The largest absolute Gasteiger partial charge is 0.482 e. The van der Waals surface area contributed by atoms with E-state index in [4.69, 9.17) is 16.3 Å². The summed E-state index contributed by atoms with van der Waals surface area (Å²) in [6.45, 7) is 5.32. The molecule has 7 nitrogen and oxygen atoms in total. The number of benzene rings is 2. The van der Waals surface area contributed by atoms with E-state index in [2.05, 4.69) is 15.5 Å². The third-order valence-corrected chi connectivity index (χ3v) is 5.84. The van der Waals surface area contributed by atoms with Gasteiger partial charge >= 0.3 is 0 Å². The zero-order valence-corrected chi connectivity index (χ0v) is 19.3. The van der Waals surface area contributed by atoms with Gasteiger partial charge in [-0.2, -0.15) is 0 Å². The van der Waals surface area contributed by atoms with Gasteiger partial charge in [0.1, 0.15) is 5.75 Å². The number of hydrogen-bond donors (Lipinski definition) is 1. The lowest BCUT2D eigenvalue weighted by atomic mass is 10.1. The molecular formula is C22H23ClN4O3S. The van der Waals surface area contributed by atoms with Gasteiger partial charge in [-0.25, -0.2) is 0 Å². The van der Waals surface area contributed by atoms with Crippen LogP contribution in [0.15, 0.2) is 47.6 Å². The summed E-state index contributed by atoms with van der Waals surface area (Å²) >= 11 is 7.28. The van der Waals surface area contributed by atoms with Crippen molar-refractivity contribution in [3.05, 3.63) is 64.4 Å². The van der Waals surface area contributed by atoms with Crippen molar-refractivity contribution in [2.24, 2.45) is 7.05 Å². The molecule has 1 N–H and O–H groups in total. The molecule has 0 aliphatic carbocycles. The monoisotopic (exact) mass is 458 g/mol. The van der Waals surface area contributed by atoms with Crippen LogP contribution in [0.4, 0.5) is 5.69 Å². The zero-order valence-electron chi connectivity index (χ0n) is 17.7. The number of aryl methyl sites for hydroxylation is 1. The highest BCUT2D eigenvalue weighted by molar-refractivity contribution is 7.99. The third-order valence-electron chi connectivity index (χ3n) is 4.58. The van der Waals surface area contributed by atoms with Crippen LogP contribution < -0.4 is 10.1 Å². The number of amides is 1. The van der Waals surface area contributed by atoms with Crippen LogP contribution >= 0.6 is 23.4 Å². The van der Waals surface area contributed by atoms with Crippen molar-refractivity contribution in [2.45, 2.75) is 32.0 Å². The van der Waals surface area contributed by atoms with Gasteiger partial charge in [-0.15, -0.1) is 10.2 Å².